The first-order valence-corrected chi connectivity index (χ1v) is 8.48. The molecular weight excluding hydrogens is 322 g/mol. The molecule has 1 heterocycles. The third-order valence-electron chi connectivity index (χ3n) is 4.51. The van der Waals surface area contributed by atoms with Crippen LogP contribution in [0.3, 0.4) is 0 Å². The van der Waals surface area contributed by atoms with E-state index in [0.717, 1.165) is 13.1 Å². The van der Waals surface area contributed by atoms with Gasteiger partial charge >= 0.3 is 0 Å². The minimum atomic E-state index is -0.352. The second kappa shape index (κ2) is 8.71. The van der Waals surface area contributed by atoms with E-state index in [-0.39, 0.29) is 24.2 Å². The highest BCUT2D eigenvalue weighted by Crippen LogP contribution is 2.35. The summed E-state index contributed by atoms with van der Waals surface area (Å²) in [5.74, 6) is 0.703. The number of nitrogens with zero attached hydrogens (tertiary/aromatic N) is 2. The molecule has 138 valence electrons. The third-order valence-corrected chi connectivity index (χ3v) is 4.51. The van der Waals surface area contributed by atoms with E-state index in [1.165, 1.54) is 0 Å². The van der Waals surface area contributed by atoms with Gasteiger partial charge in [0.2, 0.25) is 11.8 Å². The molecule has 0 bridgehead atoms. The largest absolute Gasteiger partial charge is 0.497 e. The Morgan fingerprint density at radius 3 is 2.76 bits per heavy atom. The van der Waals surface area contributed by atoms with Gasteiger partial charge in [0.1, 0.15) is 11.5 Å². The van der Waals surface area contributed by atoms with E-state index in [1.807, 2.05) is 7.05 Å². The van der Waals surface area contributed by atoms with Crippen LogP contribution in [0.15, 0.2) is 18.2 Å². The standard InChI is InChI=1S/C18H27N3O4/c1-5-20(2)9-8-19-18(23)13-10-17(22)21(12-13)15-11-14(24-3)6-7-16(15)25-4/h6-7,11,13H,5,8-10,12H2,1-4H3,(H,19,23)/t13-/m0/s1. The molecule has 1 aliphatic rings. The Balaban J connectivity index is 2.03. The lowest BCUT2D eigenvalue weighted by molar-refractivity contribution is -0.126. The molecule has 1 aromatic rings. The van der Waals surface area contributed by atoms with Crippen molar-refractivity contribution >= 4 is 17.5 Å². The molecule has 1 aromatic carbocycles. The summed E-state index contributed by atoms with van der Waals surface area (Å²) in [6, 6.07) is 5.29. The zero-order chi connectivity index (χ0) is 18.4. The van der Waals surface area contributed by atoms with Crippen LogP contribution < -0.4 is 19.7 Å². The number of benzene rings is 1. The Morgan fingerprint density at radius 2 is 2.12 bits per heavy atom. The fraction of sp³-hybridized carbons (Fsp3) is 0.556. The van der Waals surface area contributed by atoms with Crippen LogP contribution >= 0.6 is 0 Å². The van der Waals surface area contributed by atoms with Gasteiger partial charge in [-0.15, -0.1) is 0 Å². The first-order valence-electron chi connectivity index (χ1n) is 8.48. The minimum absolute atomic E-state index is 0.0813. The van der Waals surface area contributed by atoms with E-state index in [0.29, 0.717) is 30.3 Å². The maximum Gasteiger partial charge on any atom is 0.227 e. The van der Waals surface area contributed by atoms with E-state index < -0.39 is 0 Å². The highest BCUT2D eigenvalue weighted by molar-refractivity contribution is 6.01. The quantitative estimate of drug-likeness (QED) is 0.762. The summed E-state index contributed by atoms with van der Waals surface area (Å²) in [4.78, 5) is 28.5. The summed E-state index contributed by atoms with van der Waals surface area (Å²) >= 11 is 0. The highest BCUT2D eigenvalue weighted by atomic mass is 16.5. The predicted molar refractivity (Wildman–Crippen MR) is 96.2 cm³/mol. The number of ether oxygens (including phenoxy) is 2. The molecule has 0 radical (unpaired) electrons. The Bertz CT molecular complexity index is 620. The molecule has 0 spiro atoms. The van der Waals surface area contributed by atoms with Crippen LogP contribution in [0, 0.1) is 5.92 Å². The fourth-order valence-electron chi connectivity index (χ4n) is 2.80. The van der Waals surface area contributed by atoms with Crippen molar-refractivity contribution < 1.29 is 19.1 Å². The van der Waals surface area contributed by atoms with Crippen molar-refractivity contribution in [3.8, 4) is 11.5 Å². The molecule has 7 nitrogen and oxygen atoms in total. The van der Waals surface area contributed by atoms with Gasteiger partial charge in [-0.05, 0) is 25.7 Å². The van der Waals surface area contributed by atoms with Crippen molar-refractivity contribution in [2.75, 3.05) is 52.3 Å². The molecule has 25 heavy (non-hydrogen) atoms. The van der Waals surface area contributed by atoms with Gasteiger partial charge in [0.15, 0.2) is 0 Å². The number of nitrogens with one attached hydrogen (secondary N) is 1. The predicted octanol–water partition coefficient (Wildman–Crippen LogP) is 1.12. The molecule has 1 aliphatic heterocycles. The van der Waals surface area contributed by atoms with Crippen LogP contribution in [0.25, 0.3) is 0 Å². The van der Waals surface area contributed by atoms with E-state index in [1.54, 1.807) is 37.3 Å². The molecule has 1 atom stereocenters. The number of hydrogen-bond acceptors (Lipinski definition) is 5. The zero-order valence-corrected chi connectivity index (χ0v) is 15.4. The lowest BCUT2D eigenvalue weighted by Gasteiger charge is -2.20. The van der Waals surface area contributed by atoms with Crippen LogP contribution in [0.1, 0.15) is 13.3 Å². The van der Waals surface area contributed by atoms with Crippen molar-refractivity contribution in [1.82, 2.24) is 10.2 Å². The lowest BCUT2D eigenvalue weighted by atomic mass is 10.1. The van der Waals surface area contributed by atoms with Gasteiger partial charge in [0.25, 0.3) is 0 Å². The molecule has 0 aromatic heterocycles. The van der Waals surface area contributed by atoms with Crippen molar-refractivity contribution in [3.05, 3.63) is 18.2 Å². The van der Waals surface area contributed by atoms with Crippen LogP contribution in [0.2, 0.25) is 0 Å². The van der Waals surface area contributed by atoms with Crippen LogP contribution in [-0.4, -0.2) is 64.2 Å². The number of carbonyl (C=O) groups is 2. The normalized spacial score (nSPS) is 17.1. The molecule has 1 saturated heterocycles. The Morgan fingerprint density at radius 1 is 1.36 bits per heavy atom. The number of amides is 2. The SMILES string of the molecule is CCN(C)CCNC(=O)[C@H]1CC(=O)N(c2cc(OC)ccc2OC)C1. The summed E-state index contributed by atoms with van der Waals surface area (Å²) in [6.07, 6.45) is 0.204. The Hall–Kier alpha value is -2.28. The third kappa shape index (κ3) is 4.63. The van der Waals surface area contributed by atoms with Gasteiger partial charge in [-0.25, -0.2) is 0 Å². The summed E-state index contributed by atoms with van der Waals surface area (Å²) in [5.41, 5.74) is 0.632. The van der Waals surface area contributed by atoms with Crippen molar-refractivity contribution in [2.24, 2.45) is 5.92 Å². The maximum absolute atomic E-state index is 12.4. The average molecular weight is 349 g/mol. The number of carbonyl (C=O) groups excluding carboxylic acids is 2. The summed E-state index contributed by atoms with van der Waals surface area (Å²) in [7, 11) is 5.13. The van der Waals surface area contributed by atoms with Gasteiger partial charge in [0.05, 0.1) is 25.8 Å². The summed E-state index contributed by atoms with van der Waals surface area (Å²) < 4.78 is 10.6. The maximum atomic E-state index is 12.4. The van der Waals surface area contributed by atoms with E-state index in [4.69, 9.17) is 9.47 Å². The van der Waals surface area contributed by atoms with Crippen LogP contribution in [0.4, 0.5) is 5.69 Å². The molecule has 0 aliphatic carbocycles. The summed E-state index contributed by atoms with van der Waals surface area (Å²) in [5, 5.41) is 2.92. The number of methoxy groups -OCH3 is 2. The fourth-order valence-corrected chi connectivity index (χ4v) is 2.80. The lowest BCUT2D eigenvalue weighted by Crippen LogP contribution is -2.37. The molecule has 1 N–H and O–H groups in total. The Labute approximate surface area is 148 Å². The molecular formula is C18H27N3O4. The first-order chi connectivity index (χ1) is 12.0. The summed E-state index contributed by atoms with van der Waals surface area (Å²) in [6.45, 7) is 4.71. The molecule has 1 fully saturated rings. The highest BCUT2D eigenvalue weighted by Gasteiger charge is 2.36. The molecule has 0 unspecified atom stereocenters. The number of rotatable bonds is 8. The van der Waals surface area contributed by atoms with Gasteiger partial charge < -0.3 is 24.6 Å². The second-order valence-corrected chi connectivity index (χ2v) is 6.13. The van der Waals surface area contributed by atoms with Gasteiger partial charge in [-0.3, -0.25) is 9.59 Å². The molecule has 2 rings (SSSR count). The van der Waals surface area contributed by atoms with E-state index in [9.17, 15) is 9.59 Å². The Kier molecular flexibility index (Phi) is 6.64. The number of likely N-dealkylation sites (N-methyl/N-ethyl adjacent to an activating group) is 1. The van der Waals surface area contributed by atoms with Crippen LogP contribution in [-0.2, 0) is 9.59 Å². The van der Waals surface area contributed by atoms with Gasteiger partial charge in [-0.2, -0.15) is 0 Å². The van der Waals surface area contributed by atoms with Gasteiger partial charge in [0, 0.05) is 32.1 Å². The minimum Gasteiger partial charge on any atom is -0.497 e. The number of hydrogen-bond donors (Lipinski definition) is 1. The van der Waals surface area contributed by atoms with Gasteiger partial charge in [-0.1, -0.05) is 6.92 Å². The van der Waals surface area contributed by atoms with Crippen LogP contribution in [0.5, 0.6) is 11.5 Å². The van der Waals surface area contributed by atoms with Crippen molar-refractivity contribution in [3.63, 3.8) is 0 Å². The second-order valence-electron chi connectivity index (χ2n) is 6.13. The van der Waals surface area contributed by atoms with E-state index >= 15 is 0 Å². The first kappa shape index (κ1) is 19.1. The molecule has 2 amide bonds. The number of anilines is 1. The monoisotopic (exact) mass is 349 g/mol. The topological polar surface area (TPSA) is 71.1 Å². The van der Waals surface area contributed by atoms with Crippen molar-refractivity contribution in [1.29, 1.82) is 0 Å². The zero-order valence-electron chi connectivity index (χ0n) is 15.4. The molecule has 0 saturated carbocycles. The van der Waals surface area contributed by atoms with E-state index in [2.05, 4.69) is 17.1 Å². The smallest absolute Gasteiger partial charge is 0.227 e. The van der Waals surface area contributed by atoms with Crippen molar-refractivity contribution in [2.45, 2.75) is 13.3 Å². The average Bonchev–Trinajstić information content (AvgIpc) is 3.02. The molecule has 7 heteroatoms.